The summed E-state index contributed by atoms with van der Waals surface area (Å²) in [6.45, 7) is 3.82. The molecule has 0 radical (unpaired) electrons. The molecule has 0 saturated heterocycles. The average molecular weight is 298 g/mol. The first-order valence-corrected chi connectivity index (χ1v) is 7.49. The summed E-state index contributed by atoms with van der Waals surface area (Å²) >= 11 is 2.69. The summed E-state index contributed by atoms with van der Waals surface area (Å²) in [6.07, 6.45) is 0.614. The van der Waals surface area contributed by atoms with Crippen molar-refractivity contribution in [3.8, 4) is 0 Å². The number of aryl methyl sites for hydroxylation is 1. The lowest BCUT2D eigenvalue weighted by Gasteiger charge is -2.10. The molecule has 0 aliphatic heterocycles. The average Bonchev–Trinajstić information content (AvgIpc) is 2.76. The first-order valence-electron chi connectivity index (χ1n) is 5.80. The third kappa shape index (κ3) is 2.98. The molecule has 2 rings (SSSR count). The Morgan fingerprint density at radius 3 is 3.00 bits per heavy atom. The topological polar surface area (TPSA) is 72.0 Å². The van der Waals surface area contributed by atoms with Gasteiger partial charge in [0.2, 0.25) is 0 Å². The summed E-state index contributed by atoms with van der Waals surface area (Å²) in [5.41, 5.74) is -0.170. The summed E-state index contributed by atoms with van der Waals surface area (Å²) in [7, 11) is 1.35. The van der Waals surface area contributed by atoms with E-state index in [0.29, 0.717) is 21.8 Å². The SMILES string of the molecule is CCC(Sc1nc2sc(C)cc2c(=O)[nH]1)C(=O)OC. The van der Waals surface area contributed by atoms with E-state index in [1.54, 1.807) is 0 Å². The van der Waals surface area contributed by atoms with E-state index < -0.39 is 0 Å². The van der Waals surface area contributed by atoms with Crippen molar-refractivity contribution in [2.24, 2.45) is 0 Å². The maximum atomic E-state index is 11.9. The van der Waals surface area contributed by atoms with Gasteiger partial charge in [0, 0.05) is 4.88 Å². The zero-order valence-corrected chi connectivity index (χ0v) is 12.5. The molecule has 19 heavy (non-hydrogen) atoms. The number of carbonyl (C=O) groups is 1. The standard InChI is InChI=1S/C12H14N2O3S2/c1-4-8(11(16)17-3)19-12-13-9(15)7-5-6(2)18-10(7)14-12/h5,8H,4H2,1-3H3,(H,13,14,15). The molecule has 2 aromatic rings. The Morgan fingerprint density at radius 1 is 1.63 bits per heavy atom. The minimum Gasteiger partial charge on any atom is -0.468 e. The first-order chi connectivity index (χ1) is 9.05. The number of H-pyrrole nitrogens is 1. The number of rotatable bonds is 4. The molecule has 1 atom stereocenters. The highest BCUT2D eigenvalue weighted by Gasteiger charge is 2.20. The lowest BCUT2D eigenvalue weighted by molar-refractivity contribution is -0.140. The van der Waals surface area contributed by atoms with Crippen LogP contribution in [0.15, 0.2) is 16.0 Å². The summed E-state index contributed by atoms with van der Waals surface area (Å²) in [4.78, 5) is 32.3. The number of ether oxygens (including phenoxy) is 1. The van der Waals surface area contributed by atoms with Crippen molar-refractivity contribution in [1.29, 1.82) is 0 Å². The smallest absolute Gasteiger partial charge is 0.319 e. The molecule has 0 aliphatic rings. The number of methoxy groups -OCH3 is 1. The van der Waals surface area contributed by atoms with E-state index in [1.807, 2.05) is 19.9 Å². The quantitative estimate of drug-likeness (QED) is 0.533. The van der Waals surface area contributed by atoms with Crippen molar-refractivity contribution in [1.82, 2.24) is 9.97 Å². The van der Waals surface area contributed by atoms with Gasteiger partial charge in [-0.15, -0.1) is 11.3 Å². The van der Waals surface area contributed by atoms with Crippen molar-refractivity contribution >= 4 is 39.3 Å². The summed E-state index contributed by atoms with van der Waals surface area (Å²) in [5, 5.41) is 0.696. The first kappa shape index (κ1) is 14.1. The third-order valence-corrected chi connectivity index (χ3v) is 4.76. The van der Waals surface area contributed by atoms with Gasteiger partial charge in [0.1, 0.15) is 10.1 Å². The fraction of sp³-hybridized carbons (Fsp3) is 0.417. The molecule has 1 unspecified atom stereocenters. The number of carbonyl (C=O) groups excluding carboxylic acids is 1. The normalized spacial score (nSPS) is 12.6. The summed E-state index contributed by atoms with van der Waals surface area (Å²) in [6, 6.07) is 1.82. The molecular weight excluding hydrogens is 284 g/mol. The van der Waals surface area contributed by atoms with E-state index in [-0.39, 0.29) is 16.8 Å². The molecule has 0 aromatic carbocycles. The Labute approximate surface area is 118 Å². The third-order valence-electron chi connectivity index (χ3n) is 2.59. The number of thioether (sulfide) groups is 1. The van der Waals surface area contributed by atoms with E-state index in [9.17, 15) is 9.59 Å². The zero-order valence-electron chi connectivity index (χ0n) is 10.9. The van der Waals surface area contributed by atoms with Gasteiger partial charge >= 0.3 is 5.97 Å². The minimum absolute atomic E-state index is 0.170. The maximum absolute atomic E-state index is 11.9. The van der Waals surface area contributed by atoms with Gasteiger partial charge in [0.15, 0.2) is 5.16 Å². The van der Waals surface area contributed by atoms with Gasteiger partial charge in [-0.2, -0.15) is 0 Å². The van der Waals surface area contributed by atoms with Gasteiger partial charge in [-0.3, -0.25) is 9.59 Å². The Balaban J connectivity index is 2.35. The van der Waals surface area contributed by atoms with Gasteiger partial charge in [0.05, 0.1) is 12.5 Å². The number of thiophene rings is 1. The van der Waals surface area contributed by atoms with E-state index in [2.05, 4.69) is 9.97 Å². The monoisotopic (exact) mass is 298 g/mol. The second kappa shape index (κ2) is 5.75. The summed E-state index contributed by atoms with van der Waals surface area (Å²) < 4.78 is 4.72. The second-order valence-corrected chi connectivity index (χ2v) is 6.41. The number of hydrogen-bond acceptors (Lipinski definition) is 6. The molecule has 1 N–H and O–H groups in total. The van der Waals surface area contributed by atoms with Crippen molar-refractivity contribution in [2.75, 3.05) is 7.11 Å². The molecule has 7 heteroatoms. The van der Waals surface area contributed by atoms with Gasteiger partial charge in [-0.25, -0.2) is 4.98 Å². The summed E-state index contributed by atoms with van der Waals surface area (Å²) in [5.74, 6) is -0.308. The molecule has 102 valence electrons. The van der Waals surface area contributed by atoms with Crippen LogP contribution in [0, 0.1) is 6.92 Å². The van der Waals surface area contributed by atoms with Crippen LogP contribution in [0.3, 0.4) is 0 Å². The van der Waals surface area contributed by atoms with Crippen LogP contribution < -0.4 is 5.56 Å². The molecule has 0 amide bonds. The molecule has 2 heterocycles. The number of fused-ring (bicyclic) bond motifs is 1. The molecule has 0 fully saturated rings. The van der Waals surface area contributed by atoms with Crippen molar-refractivity contribution in [3.63, 3.8) is 0 Å². The second-order valence-electron chi connectivity index (χ2n) is 3.98. The van der Waals surface area contributed by atoms with E-state index in [1.165, 1.54) is 30.2 Å². The van der Waals surface area contributed by atoms with Crippen LogP contribution in [0.25, 0.3) is 10.2 Å². The number of nitrogens with zero attached hydrogens (tertiary/aromatic N) is 1. The fourth-order valence-corrected chi connectivity index (χ4v) is 3.51. The number of aromatic amines is 1. The van der Waals surface area contributed by atoms with Crippen LogP contribution in [-0.4, -0.2) is 28.3 Å². The van der Waals surface area contributed by atoms with E-state index >= 15 is 0 Å². The highest BCUT2D eigenvalue weighted by atomic mass is 32.2. The zero-order chi connectivity index (χ0) is 14.0. The Hall–Kier alpha value is -1.34. The Bertz CT molecular complexity index is 663. The van der Waals surface area contributed by atoms with Crippen molar-refractivity contribution < 1.29 is 9.53 Å². The predicted octanol–water partition coefficient (Wildman–Crippen LogP) is 2.34. The molecule has 0 saturated carbocycles. The molecule has 0 aliphatic carbocycles. The molecule has 2 aromatic heterocycles. The maximum Gasteiger partial charge on any atom is 0.319 e. The van der Waals surface area contributed by atoms with Crippen LogP contribution in [0.2, 0.25) is 0 Å². The lowest BCUT2D eigenvalue weighted by atomic mass is 10.3. The highest BCUT2D eigenvalue weighted by molar-refractivity contribution is 8.00. The lowest BCUT2D eigenvalue weighted by Crippen LogP contribution is -2.19. The largest absolute Gasteiger partial charge is 0.468 e. The minimum atomic E-state index is -0.355. The molecule has 0 spiro atoms. The Kier molecular flexibility index (Phi) is 4.26. The van der Waals surface area contributed by atoms with E-state index in [4.69, 9.17) is 4.74 Å². The van der Waals surface area contributed by atoms with Gasteiger partial charge in [0.25, 0.3) is 5.56 Å². The van der Waals surface area contributed by atoms with Crippen LogP contribution in [0.5, 0.6) is 0 Å². The number of nitrogens with one attached hydrogen (secondary N) is 1. The van der Waals surface area contributed by atoms with Crippen LogP contribution in [0.1, 0.15) is 18.2 Å². The fourth-order valence-electron chi connectivity index (χ4n) is 1.65. The number of hydrogen-bond donors (Lipinski definition) is 1. The predicted molar refractivity (Wildman–Crippen MR) is 76.9 cm³/mol. The van der Waals surface area contributed by atoms with Crippen molar-refractivity contribution in [3.05, 3.63) is 21.3 Å². The number of aromatic nitrogens is 2. The van der Waals surface area contributed by atoms with E-state index in [0.717, 1.165) is 4.88 Å². The number of esters is 1. The highest BCUT2D eigenvalue weighted by Crippen LogP contribution is 2.26. The Morgan fingerprint density at radius 2 is 2.37 bits per heavy atom. The van der Waals surface area contributed by atoms with Gasteiger partial charge in [-0.05, 0) is 19.4 Å². The van der Waals surface area contributed by atoms with Crippen LogP contribution in [-0.2, 0) is 9.53 Å². The van der Waals surface area contributed by atoms with Crippen LogP contribution >= 0.6 is 23.1 Å². The molecule has 5 nitrogen and oxygen atoms in total. The van der Waals surface area contributed by atoms with Crippen molar-refractivity contribution in [2.45, 2.75) is 30.7 Å². The van der Waals surface area contributed by atoms with Gasteiger partial charge < -0.3 is 9.72 Å². The molecular formula is C12H14N2O3S2. The van der Waals surface area contributed by atoms with Crippen LogP contribution in [0.4, 0.5) is 0 Å². The molecule has 0 bridgehead atoms. The van der Waals surface area contributed by atoms with Gasteiger partial charge in [-0.1, -0.05) is 18.7 Å².